The highest BCUT2D eigenvalue weighted by molar-refractivity contribution is 6.05. The largest absolute Gasteiger partial charge is 0.481 e. The molecule has 2 fully saturated rings. The first-order valence-electron chi connectivity index (χ1n) is 4.02. The first kappa shape index (κ1) is 8.98. The molecule has 0 aromatic heterocycles. The Balaban J connectivity index is 2.35. The Bertz CT molecular complexity index is 348. The van der Waals surface area contributed by atoms with Crippen LogP contribution in [0.2, 0.25) is 0 Å². The van der Waals surface area contributed by atoms with Gasteiger partial charge in [0.15, 0.2) is 0 Å². The zero-order valence-electron chi connectivity index (χ0n) is 7.22. The van der Waals surface area contributed by atoms with E-state index in [9.17, 15) is 14.4 Å². The maximum absolute atomic E-state index is 10.8. The van der Waals surface area contributed by atoms with E-state index in [1.807, 2.05) is 0 Å². The third-order valence-corrected chi connectivity index (χ3v) is 3.68. The lowest BCUT2D eigenvalue weighted by molar-refractivity contribution is -0.155. The van der Waals surface area contributed by atoms with E-state index in [2.05, 4.69) is 0 Å². The molecule has 0 aromatic carbocycles. The lowest BCUT2D eigenvalue weighted by Crippen LogP contribution is -2.29. The summed E-state index contributed by atoms with van der Waals surface area (Å²) in [5.74, 6) is -5.87. The standard InChI is InChI=1S/C8H8O6/c1-7-2(4(9)10)8(7,6(13)14)3(7)5(11)12/h2-3H,1H3,(H,9,10)(H,11,12)(H,13,14). The second-order valence-corrected chi connectivity index (χ2v) is 4.00. The number of hydrogen-bond donors (Lipinski definition) is 3. The Labute approximate surface area is 78.1 Å². The number of rotatable bonds is 3. The average Bonchev–Trinajstić information content (AvgIpc) is 2.69. The van der Waals surface area contributed by atoms with Crippen LogP contribution in [0.5, 0.6) is 0 Å². The summed E-state index contributed by atoms with van der Waals surface area (Å²) in [5, 5.41) is 26.2. The van der Waals surface area contributed by atoms with E-state index in [-0.39, 0.29) is 0 Å². The smallest absolute Gasteiger partial charge is 0.312 e. The summed E-state index contributed by atoms with van der Waals surface area (Å²) < 4.78 is 0. The number of fused-ring (bicyclic) bond motifs is 1. The van der Waals surface area contributed by atoms with Gasteiger partial charge in [-0.2, -0.15) is 0 Å². The van der Waals surface area contributed by atoms with Crippen LogP contribution in [-0.2, 0) is 14.4 Å². The van der Waals surface area contributed by atoms with E-state index >= 15 is 0 Å². The van der Waals surface area contributed by atoms with Crippen molar-refractivity contribution in [3.8, 4) is 0 Å². The molecule has 3 N–H and O–H groups in total. The lowest BCUT2D eigenvalue weighted by Gasteiger charge is -2.11. The third-order valence-electron chi connectivity index (χ3n) is 3.68. The minimum Gasteiger partial charge on any atom is -0.481 e. The van der Waals surface area contributed by atoms with Gasteiger partial charge >= 0.3 is 17.9 Å². The van der Waals surface area contributed by atoms with Gasteiger partial charge in [0.2, 0.25) is 0 Å². The highest BCUT2D eigenvalue weighted by Crippen LogP contribution is 2.93. The van der Waals surface area contributed by atoms with Gasteiger partial charge in [0.05, 0.1) is 11.8 Å². The molecule has 2 saturated carbocycles. The molecule has 0 saturated heterocycles. The zero-order chi connectivity index (χ0) is 10.9. The Hall–Kier alpha value is -1.59. The highest BCUT2D eigenvalue weighted by Gasteiger charge is 3.04. The van der Waals surface area contributed by atoms with Gasteiger partial charge in [0.1, 0.15) is 5.41 Å². The SMILES string of the molecule is CC12C(C(=O)O)C1(C(=O)O)C2C(=O)O. The molecule has 2 aliphatic rings. The van der Waals surface area contributed by atoms with Crippen LogP contribution < -0.4 is 0 Å². The van der Waals surface area contributed by atoms with E-state index in [4.69, 9.17) is 15.3 Å². The first-order chi connectivity index (χ1) is 6.32. The van der Waals surface area contributed by atoms with Crippen molar-refractivity contribution in [2.45, 2.75) is 6.92 Å². The number of carbonyl (C=O) groups is 3. The molecular weight excluding hydrogens is 192 g/mol. The Morgan fingerprint density at radius 1 is 1.00 bits per heavy atom. The predicted molar refractivity (Wildman–Crippen MR) is 40.4 cm³/mol. The van der Waals surface area contributed by atoms with Gasteiger partial charge in [-0.3, -0.25) is 14.4 Å². The van der Waals surface area contributed by atoms with Gasteiger partial charge < -0.3 is 15.3 Å². The molecule has 0 amide bonds. The monoisotopic (exact) mass is 200 g/mol. The molecule has 2 rings (SSSR count). The highest BCUT2D eigenvalue weighted by atomic mass is 16.4. The Morgan fingerprint density at radius 2 is 1.36 bits per heavy atom. The number of carboxylic acid groups (broad SMARTS) is 3. The molecule has 0 heterocycles. The van der Waals surface area contributed by atoms with Gasteiger partial charge in [-0.1, -0.05) is 6.92 Å². The molecule has 0 aromatic rings. The van der Waals surface area contributed by atoms with Crippen LogP contribution in [0, 0.1) is 22.7 Å². The molecular formula is C8H8O6. The fourth-order valence-electron chi connectivity index (χ4n) is 2.96. The van der Waals surface area contributed by atoms with Crippen LogP contribution >= 0.6 is 0 Å². The van der Waals surface area contributed by atoms with Crippen molar-refractivity contribution in [3.05, 3.63) is 0 Å². The van der Waals surface area contributed by atoms with E-state index in [1.54, 1.807) is 0 Å². The summed E-state index contributed by atoms with van der Waals surface area (Å²) >= 11 is 0. The number of carboxylic acids is 3. The van der Waals surface area contributed by atoms with E-state index in [0.29, 0.717) is 0 Å². The van der Waals surface area contributed by atoms with Crippen LogP contribution in [-0.4, -0.2) is 33.2 Å². The Morgan fingerprint density at radius 3 is 1.50 bits per heavy atom. The molecule has 6 nitrogen and oxygen atoms in total. The Kier molecular flexibility index (Phi) is 1.23. The quantitative estimate of drug-likeness (QED) is 0.565. The predicted octanol–water partition coefficient (Wildman–Crippen LogP) is -0.508. The summed E-state index contributed by atoms with van der Waals surface area (Å²) in [6, 6.07) is 0. The molecule has 2 aliphatic carbocycles. The molecule has 0 spiro atoms. The first-order valence-corrected chi connectivity index (χ1v) is 4.02. The molecule has 6 heteroatoms. The minimum absolute atomic E-state index is 1.05. The zero-order valence-corrected chi connectivity index (χ0v) is 7.22. The molecule has 14 heavy (non-hydrogen) atoms. The third kappa shape index (κ3) is 0.538. The van der Waals surface area contributed by atoms with Crippen molar-refractivity contribution in [3.63, 3.8) is 0 Å². The summed E-state index contributed by atoms with van der Waals surface area (Å²) in [5.41, 5.74) is -2.64. The van der Waals surface area contributed by atoms with E-state index in [0.717, 1.165) is 0 Å². The molecule has 2 unspecified atom stereocenters. The summed E-state index contributed by atoms with van der Waals surface area (Å²) in [7, 11) is 0. The maximum atomic E-state index is 10.8. The van der Waals surface area contributed by atoms with Crippen molar-refractivity contribution in [1.29, 1.82) is 0 Å². The van der Waals surface area contributed by atoms with Crippen LogP contribution in [0.4, 0.5) is 0 Å². The second-order valence-electron chi connectivity index (χ2n) is 4.00. The van der Waals surface area contributed by atoms with Crippen molar-refractivity contribution in [1.82, 2.24) is 0 Å². The summed E-state index contributed by atoms with van der Waals surface area (Å²) in [4.78, 5) is 32.1. The summed E-state index contributed by atoms with van der Waals surface area (Å²) in [6.45, 7) is 1.40. The van der Waals surface area contributed by atoms with Crippen molar-refractivity contribution in [2.24, 2.45) is 22.7 Å². The van der Waals surface area contributed by atoms with E-state index < -0.39 is 40.6 Å². The fourth-order valence-corrected chi connectivity index (χ4v) is 2.96. The summed E-state index contributed by atoms with van der Waals surface area (Å²) in [6.07, 6.45) is 0. The fraction of sp³-hybridized carbons (Fsp3) is 0.625. The van der Waals surface area contributed by atoms with Crippen molar-refractivity contribution >= 4 is 17.9 Å². The number of hydrogen-bond acceptors (Lipinski definition) is 3. The van der Waals surface area contributed by atoms with Gasteiger partial charge in [0.25, 0.3) is 0 Å². The molecule has 2 atom stereocenters. The van der Waals surface area contributed by atoms with Gasteiger partial charge in [-0.05, 0) is 0 Å². The molecule has 0 radical (unpaired) electrons. The van der Waals surface area contributed by atoms with Gasteiger partial charge in [-0.25, -0.2) is 0 Å². The van der Waals surface area contributed by atoms with E-state index in [1.165, 1.54) is 6.92 Å². The van der Waals surface area contributed by atoms with Gasteiger partial charge in [-0.15, -0.1) is 0 Å². The van der Waals surface area contributed by atoms with Crippen LogP contribution in [0.3, 0.4) is 0 Å². The minimum atomic E-state index is -1.55. The van der Waals surface area contributed by atoms with Gasteiger partial charge in [0, 0.05) is 5.41 Å². The van der Waals surface area contributed by atoms with Crippen LogP contribution in [0.15, 0.2) is 0 Å². The van der Waals surface area contributed by atoms with Crippen molar-refractivity contribution < 1.29 is 29.7 Å². The maximum Gasteiger partial charge on any atom is 0.312 e. The molecule has 76 valence electrons. The number of aliphatic carboxylic acids is 3. The van der Waals surface area contributed by atoms with Crippen molar-refractivity contribution in [2.75, 3.05) is 0 Å². The van der Waals surface area contributed by atoms with Crippen LogP contribution in [0.1, 0.15) is 6.92 Å². The van der Waals surface area contributed by atoms with Crippen LogP contribution in [0.25, 0.3) is 0 Å². The normalized spacial score (nSPS) is 47.8. The molecule has 0 bridgehead atoms. The lowest BCUT2D eigenvalue weighted by atomic mass is 9.92. The average molecular weight is 200 g/mol. The molecule has 0 aliphatic heterocycles. The second kappa shape index (κ2) is 1.92. The topological polar surface area (TPSA) is 112 Å².